The molecule has 0 aliphatic rings. The Morgan fingerprint density at radius 3 is 2.76 bits per heavy atom. The summed E-state index contributed by atoms with van der Waals surface area (Å²) in [5.74, 6) is -0.122. The fraction of sp³-hybridized carbons (Fsp3) is 0.0667. The van der Waals surface area contributed by atoms with Gasteiger partial charge in [0.15, 0.2) is 5.82 Å². The maximum absolute atomic E-state index is 11.5. The van der Waals surface area contributed by atoms with Crippen molar-refractivity contribution in [3.05, 3.63) is 48.3 Å². The lowest BCUT2D eigenvalue weighted by atomic mass is 10.1. The molecule has 2 heterocycles. The van der Waals surface area contributed by atoms with Gasteiger partial charge in [0.05, 0.1) is 7.11 Å². The summed E-state index contributed by atoms with van der Waals surface area (Å²) in [6, 6.07) is 9.69. The SMILES string of the molecule is COC(=O)c1cnc(-c2nccc3ccccc23)nc1N. The van der Waals surface area contributed by atoms with Crippen LogP contribution in [0.5, 0.6) is 0 Å². The van der Waals surface area contributed by atoms with Crippen LogP contribution in [0.3, 0.4) is 0 Å². The largest absolute Gasteiger partial charge is 0.465 e. The summed E-state index contributed by atoms with van der Waals surface area (Å²) in [5, 5.41) is 1.95. The summed E-state index contributed by atoms with van der Waals surface area (Å²) in [7, 11) is 1.28. The second-order valence-electron chi connectivity index (χ2n) is 4.36. The van der Waals surface area contributed by atoms with Gasteiger partial charge in [-0.25, -0.2) is 14.8 Å². The molecule has 6 nitrogen and oxygen atoms in total. The van der Waals surface area contributed by atoms with Gasteiger partial charge in [0, 0.05) is 17.8 Å². The number of nitrogens with zero attached hydrogens (tertiary/aromatic N) is 3. The molecule has 0 radical (unpaired) electrons. The first-order valence-corrected chi connectivity index (χ1v) is 6.25. The summed E-state index contributed by atoms with van der Waals surface area (Å²) < 4.78 is 4.62. The van der Waals surface area contributed by atoms with Crippen molar-refractivity contribution in [3.63, 3.8) is 0 Å². The maximum atomic E-state index is 11.5. The van der Waals surface area contributed by atoms with Gasteiger partial charge in [-0.3, -0.25) is 4.98 Å². The Balaban J connectivity index is 2.16. The summed E-state index contributed by atoms with van der Waals surface area (Å²) >= 11 is 0. The molecule has 0 amide bonds. The molecular formula is C15H12N4O2. The number of carbonyl (C=O) groups is 1. The first kappa shape index (κ1) is 13.0. The van der Waals surface area contributed by atoms with Crippen LogP contribution in [0.4, 0.5) is 5.82 Å². The molecule has 0 spiro atoms. The van der Waals surface area contributed by atoms with Crippen molar-refractivity contribution in [1.29, 1.82) is 0 Å². The molecular weight excluding hydrogens is 268 g/mol. The number of ether oxygens (including phenoxy) is 1. The molecule has 3 aromatic rings. The average molecular weight is 280 g/mol. The van der Waals surface area contributed by atoms with E-state index < -0.39 is 5.97 Å². The van der Waals surface area contributed by atoms with Crippen molar-refractivity contribution >= 4 is 22.6 Å². The normalized spacial score (nSPS) is 10.5. The van der Waals surface area contributed by atoms with E-state index in [-0.39, 0.29) is 11.4 Å². The van der Waals surface area contributed by atoms with Crippen molar-refractivity contribution < 1.29 is 9.53 Å². The molecule has 1 aromatic carbocycles. The van der Waals surface area contributed by atoms with Gasteiger partial charge in [-0.1, -0.05) is 24.3 Å². The topological polar surface area (TPSA) is 91.0 Å². The van der Waals surface area contributed by atoms with Crippen LogP contribution in [0, 0.1) is 0 Å². The monoisotopic (exact) mass is 280 g/mol. The molecule has 0 saturated heterocycles. The van der Waals surface area contributed by atoms with Gasteiger partial charge in [0.25, 0.3) is 0 Å². The first-order valence-electron chi connectivity index (χ1n) is 6.25. The van der Waals surface area contributed by atoms with Crippen molar-refractivity contribution in [3.8, 4) is 11.5 Å². The van der Waals surface area contributed by atoms with Crippen LogP contribution in [0.15, 0.2) is 42.7 Å². The summed E-state index contributed by atoms with van der Waals surface area (Å²) in [6.07, 6.45) is 3.04. The average Bonchev–Trinajstić information content (AvgIpc) is 2.53. The smallest absolute Gasteiger partial charge is 0.343 e. The number of rotatable bonds is 2. The third-order valence-corrected chi connectivity index (χ3v) is 3.11. The van der Waals surface area contributed by atoms with Crippen LogP contribution < -0.4 is 5.73 Å². The Morgan fingerprint density at radius 2 is 2.00 bits per heavy atom. The van der Waals surface area contributed by atoms with E-state index in [1.165, 1.54) is 13.3 Å². The molecule has 0 aliphatic heterocycles. The minimum absolute atomic E-state index is 0.0709. The Kier molecular flexibility index (Phi) is 3.19. The van der Waals surface area contributed by atoms with Gasteiger partial charge in [0.2, 0.25) is 0 Å². The second kappa shape index (κ2) is 5.16. The number of esters is 1. The highest BCUT2D eigenvalue weighted by molar-refractivity contribution is 5.95. The molecule has 0 aliphatic carbocycles. The highest BCUT2D eigenvalue weighted by Crippen LogP contribution is 2.24. The minimum atomic E-state index is -0.565. The van der Waals surface area contributed by atoms with E-state index >= 15 is 0 Å². The maximum Gasteiger partial charge on any atom is 0.343 e. The van der Waals surface area contributed by atoms with Crippen LogP contribution in [-0.4, -0.2) is 28.0 Å². The molecule has 6 heteroatoms. The Bertz CT molecular complexity index is 828. The van der Waals surface area contributed by atoms with Gasteiger partial charge < -0.3 is 10.5 Å². The van der Waals surface area contributed by atoms with Crippen molar-refractivity contribution in [2.75, 3.05) is 12.8 Å². The number of pyridine rings is 1. The highest BCUT2D eigenvalue weighted by Gasteiger charge is 2.15. The standard InChI is InChI=1S/C15H12N4O2/c1-21-15(20)11-8-18-14(19-13(11)16)12-10-5-3-2-4-9(10)6-7-17-12/h2-8H,1H3,(H2,16,18,19). The zero-order valence-corrected chi connectivity index (χ0v) is 11.3. The quantitative estimate of drug-likeness (QED) is 0.722. The van der Waals surface area contributed by atoms with E-state index in [9.17, 15) is 4.79 Å². The van der Waals surface area contributed by atoms with Crippen LogP contribution >= 0.6 is 0 Å². The molecule has 2 aromatic heterocycles. The predicted octanol–water partition coefficient (Wildman–Crippen LogP) is 2.06. The van der Waals surface area contributed by atoms with Crippen molar-refractivity contribution in [1.82, 2.24) is 15.0 Å². The number of aromatic nitrogens is 3. The van der Waals surface area contributed by atoms with E-state index in [1.54, 1.807) is 6.20 Å². The van der Waals surface area contributed by atoms with Gasteiger partial charge >= 0.3 is 5.97 Å². The predicted molar refractivity (Wildman–Crippen MR) is 78.5 cm³/mol. The number of hydrogen-bond donors (Lipinski definition) is 1. The van der Waals surface area contributed by atoms with Crippen LogP contribution in [0.1, 0.15) is 10.4 Å². The number of nitrogen functional groups attached to an aromatic ring is 1. The van der Waals surface area contributed by atoms with Gasteiger partial charge in [-0.15, -0.1) is 0 Å². The summed E-state index contributed by atoms with van der Waals surface area (Å²) in [4.78, 5) is 24.2. The van der Waals surface area contributed by atoms with E-state index in [1.807, 2.05) is 30.3 Å². The van der Waals surface area contributed by atoms with E-state index in [0.717, 1.165) is 10.8 Å². The Morgan fingerprint density at radius 1 is 1.19 bits per heavy atom. The highest BCUT2D eigenvalue weighted by atomic mass is 16.5. The first-order chi connectivity index (χ1) is 10.2. The summed E-state index contributed by atoms with van der Waals surface area (Å²) in [6.45, 7) is 0. The zero-order chi connectivity index (χ0) is 14.8. The Hall–Kier alpha value is -3.02. The van der Waals surface area contributed by atoms with Gasteiger partial charge in [0.1, 0.15) is 17.1 Å². The number of hydrogen-bond acceptors (Lipinski definition) is 6. The fourth-order valence-electron chi connectivity index (χ4n) is 2.07. The van der Waals surface area contributed by atoms with Gasteiger partial charge in [-0.2, -0.15) is 0 Å². The molecule has 0 atom stereocenters. The zero-order valence-electron chi connectivity index (χ0n) is 11.3. The lowest BCUT2D eigenvalue weighted by Crippen LogP contribution is -2.09. The molecule has 0 bridgehead atoms. The second-order valence-corrected chi connectivity index (χ2v) is 4.36. The van der Waals surface area contributed by atoms with Gasteiger partial charge in [-0.05, 0) is 11.5 Å². The number of fused-ring (bicyclic) bond motifs is 1. The van der Waals surface area contributed by atoms with Crippen molar-refractivity contribution in [2.24, 2.45) is 0 Å². The Labute approximate surface area is 120 Å². The van der Waals surface area contributed by atoms with E-state index in [2.05, 4.69) is 19.7 Å². The molecule has 104 valence electrons. The number of benzene rings is 1. The lowest BCUT2D eigenvalue weighted by Gasteiger charge is -2.07. The minimum Gasteiger partial charge on any atom is -0.465 e. The molecule has 3 rings (SSSR count). The number of anilines is 1. The number of carbonyl (C=O) groups excluding carboxylic acids is 1. The van der Waals surface area contributed by atoms with Crippen LogP contribution in [0.2, 0.25) is 0 Å². The third kappa shape index (κ3) is 2.27. The number of nitrogens with two attached hydrogens (primary N) is 1. The van der Waals surface area contributed by atoms with Crippen LogP contribution in [0.25, 0.3) is 22.3 Å². The molecule has 21 heavy (non-hydrogen) atoms. The molecule has 2 N–H and O–H groups in total. The molecule has 0 unspecified atom stereocenters. The third-order valence-electron chi connectivity index (χ3n) is 3.11. The van der Waals surface area contributed by atoms with E-state index in [4.69, 9.17) is 5.73 Å². The fourth-order valence-corrected chi connectivity index (χ4v) is 2.07. The molecule has 0 saturated carbocycles. The van der Waals surface area contributed by atoms with Crippen molar-refractivity contribution in [2.45, 2.75) is 0 Å². The summed E-state index contributed by atoms with van der Waals surface area (Å²) in [5.41, 5.74) is 6.56. The van der Waals surface area contributed by atoms with Crippen LogP contribution in [-0.2, 0) is 4.74 Å². The number of methoxy groups -OCH3 is 1. The lowest BCUT2D eigenvalue weighted by molar-refractivity contribution is 0.0601. The van der Waals surface area contributed by atoms with E-state index in [0.29, 0.717) is 11.5 Å². The molecule has 0 fully saturated rings.